The first-order chi connectivity index (χ1) is 10.7. The molecule has 0 bridgehead atoms. The lowest BCUT2D eigenvalue weighted by atomic mass is 10.1. The van der Waals surface area contributed by atoms with Crippen molar-refractivity contribution in [2.24, 2.45) is 0 Å². The lowest BCUT2D eigenvalue weighted by Gasteiger charge is -2.34. The molecule has 1 aliphatic rings. The number of thiophene rings is 1. The van der Waals surface area contributed by atoms with Crippen LogP contribution in [0.4, 0.5) is 0 Å². The largest absolute Gasteiger partial charge is 0.395 e. The number of carbonyl (C=O) groups is 1. The van der Waals surface area contributed by atoms with Gasteiger partial charge in [0.05, 0.1) is 13.0 Å². The van der Waals surface area contributed by atoms with Gasteiger partial charge >= 0.3 is 0 Å². The number of aliphatic hydroxyl groups excluding tert-OH is 1. The number of halogens is 1. The molecule has 0 spiro atoms. The van der Waals surface area contributed by atoms with Crippen LogP contribution in [-0.2, 0) is 11.2 Å². The number of fused-ring (bicyclic) bond motifs is 1. The molecule has 1 aliphatic heterocycles. The molecule has 3 rings (SSSR count). The topological polar surface area (TPSA) is 43.8 Å². The maximum absolute atomic E-state index is 12.5. The SMILES string of the molecule is O=C(Cc1csc2ccc(Cl)cc12)N1CCN(CCO)CC1. The highest BCUT2D eigenvalue weighted by atomic mass is 35.5. The predicted molar refractivity (Wildman–Crippen MR) is 90.6 cm³/mol. The summed E-state index contributed by atoms with van der Waals surface area (Å²) in [4.78, 5) is 16.6. The molecule has 22 heavy (non-hydrogen) atoms. The van der Waals surface area contributed by atoms with E-state index in [-0.39, 0.29) is 12.5 Å². The minimum atomic E-state index is 0.170. The Morgan fingerprint density at radius 3 is 2.77 bits per heavy atom. The van der Waals surface area contributed by atoms with E-state index in [4.69, 9.17) is 16.7 Å². The molecule has 1 N–H and O–H groups in total. The zero-order valence-corrected chi connectivity index (χ0v) is 13.9. The van der Waals surface area contributed by atoms with Crippen LogP contribution >= 0.6 is 22.9 Å². The van der Waals surface area contributed by atoms with Gasteiger partial charge in [-0.15, -0.1) is 11.3 Å². The second kappa shape index (κ2) is 6.96. The molecule has 1 aromatic heterocycles. The average molecular weight is 339 g/mol. The van der Waals surface area contributed by atoms with Crippen molar-refractivity contribution in [3.05, 3.63) is 34.2 Å². The average Bonchev–Trinajstić information content (AvgIpc) is 2.90. The minimum Gasteiger partial charge on any atom is -0.395 e. The number of nitrogens with zero attached hydrogens (tertiary/aromatic N) is 2. The summed E-state index contributed by atoms with van der Waals surface area (Å²) in [5.74, 6) is 0.170. The first kappa shape index (κ1) is 15.7. The summed E-state index contributed by atoms with van der Waals surface area (Å²) < 4.78 is 1.17. The van der Waals surface area contributed by atoms with Gasteiger partial charge in [-0.2, -0.15) is 0 Å². The maximum atomic E-state index is 12.5. The third-order valence-electron chi connectivity index (χ3n) is 4.10. The molecule has 1 fully saturated rings. The van der Waals surface area contributed by atoms with E-state index in [1.54, 1.807) is 11.3 Å². The number of carbonyl (C=O) groups excluding carboxylic acids is 1. The van der Waals surface area contributed by atoms with Crippen molar-refractivity contribution in [1.82, 2.24) is 9.80 Å². The van der Waals surface area contributed by atoms with Crippen LogP contribution in [0.3, 0.4) is 0 Å². The number of benzene rings is 1. The van der Waals surface area contributed by atoms with Gasteiger partial charge in [0.2, 0.25) is 5.91 Å². The second-order valence-electron chi connectivity index (χ2n) is 5.52. The number of amides is 1. The fourth-order valence-electron chi connectivity index (χ4n) is 2.83. The Balaban J connectivity index is 1.65. The normalized spacial score (nSPS) is 16.4. The number of hydrogen-bond acceptors (Lipinski definition) is 4. The molecule has 118 valence electrons. The van der Waals surface area contributed by atoms with Crippen molar-refractivity contribution in [2.75, 3.05) is 39.3 Å². The summed E-state index contributed by atoms with van der Waals surface area (Å²) in [6, 6.07) is 5.82. The van der Waals surface area contributed by atoms with Gasteiger partial charge in [-0.25, -0.2) is 0 Å². The molecule has 0 saturated carbocycles. The standard InChI is InChI=1S/C16H19ClN2O2S/c17-13-1-2-15-14(10-13)12(11-22-15)9-16(21)19-5-3-18(4-6-19)7-8-20/h1-2,10-11,20H,3-9H2. The Morgan fingerprint density at radius 1 is 1.27 bits per heavy atom. The van der Waals surface area contributed by atoms with Crippen LogP contribution in [0.25, 0.3) is 10.1 Å². The van der Waals surface area contributed by atoms with Crippen LogP contribution < -0.4 is 0 Å². The van der Waals surface area contributed by atoms with E-state index in [1.807, 2.05) is 23.1 Å². The van der Waals surface area contributed by atoms with Crippen molar-refractivity contribution in [3.8, 4) is 0 Å². The monoisotopic (exact) mass is 338 g/mol. The summed E-state index contributed by atoms with van der Waals surface area (Å²) >= 11 is 7.71. The Kier molecular flexibility index (Phi) is 4.98. The molecule has 0 unspecified atom stereocenters. The number of β-amino-alcohol motifs (C(OH)–C–C–N with tert-alkyl or cyclic N) is 1. The fraction of sp³-hybridized carbons (Fsp3) is 0.438. The van der Waals surface area contributed by atoms with E-state index in [1.165, 1.54) is 4.70 Å². The summed E-state index contributed by atoms with van der Waals surface area (Å²) in [6.07, 6.45) is 0.431. The molecular weight excluding hydrogens is 320 g/mol. The van der Waals surface area contributed by atoms with E-state index in [0.717, 1.165) is 37.1 Å². The van der Waals surface area contributed by atoms with Crippen molar-refractivity contribution in [3.63, 3.8) is 0 Å². The zero-order chi connectivity index (χ0) is 15.5. The number of aliphatic hydroxyl groups is 1. The number of rotatable bonds is 4. The minimum absolute atomic E-state index is 0.170. The highest BCUT2D eigenvalue weighted by molar-refractivity contribution is 7.17. The Bertz CT molecular complexity index is 665. The predicted octanol–water partition coefficient (Wildman–Crippen LogP) is 2.23. The van der Waals surface area contributed by atoms with Crippen molar-refractivity contribution in [1.29, 1.82) is 0 Å². The third-order valence-corrected chi connectivity index (χ3v) is 5.35. The van der Waals surface area contributed by atoms with Gasteiger partial charge in [-0.3, -0.25) is 9.69 Å². The van der Waals surface area contributed by atoms with E-state index < -0.39 is 0 Å². The molecule has 6 heteroatoms. The van der Waals surface area contributed by atoms with Crippen molar-refractivity contribution >= 4 is 38.9 Å². The molecule has 2 heterocycles. The highest BCUT2D eigenvalue weighted by Gasteiger charge is 2.21. The molecule has 0 radical (unpaired) electrons. The van der Waals surface area contributed by atoms with Gasteiger partial charge in [0.25, 0.3) is 0 Å². The lowest BCUT2D eigenvalue weighted by Crippen LogP contribution is -2.49. The van der Waals surface area contributed by atoms with Crippen LogP contribution in [0.5, 0.6) is 0 Å². The van der Waals surface area contributed by atoms with Gasteiger partial charge in [0, 0.05) is 42.4 Å². The fourth-order valence-corrected chi connectivity index (χ4v) is 3.94. The van der Waals surface area contributed by atoms with Gasteiger partial charge in [0.15, 0.2) is 0 Å². The summed E-state index contributed by atoms with van der Waals surface area (Å²) in [7, 11) is 0. The first-order valence-corrected chi connectivity index (χ1v) is 8.70. The quantitative estimate of drug-likeness (QED) is 0.929. The van der Waals surface area contributed by atoms with E-state index >= 15 is 0 Å². The second-order valence-corrected chi connectivity index (χ2v) is 6.87. The number of piperazine rings is 1. The molecule has 1 amide bonds. The van der Waals surface area contributed by atoms with Gasteiger partial charge in [0.1, 0.15) is 0 Å². The Morgan fingerprint density at radius 2 is 2.05 bits per heavy atom. The van der Waals surface area contributed by atoms with Gasteiger partial charge in [-0.1, -0.05) is 11.6 Å². The molecule has 4 nitrogen and oxygen atoms in total. The van der Waals surface area contributed by atoms with Crippen LogP contribution in [-0.4, -0.2) is 60.1 Å². The Hall–Kier alpha value is -1.14. The van der Waals surface area contributed by atoms with E-state index in [2.05, 4.69) is 10.3 Å². The highest BCUT2D eigenvalue weighted by Crippen LogP contribution is 2.29. The maximum Gasteiger partial charge on any atom is 0.227 e. The summed E-state index contributed by atoms with van der Waals surface area (Å²) in [6.45, 7) is 4.01. The smallest absolute Gasteiger partial charge is 0.227 e. The van der Waals surface area contributed by atoms with Crippen LogP contribution in [0.1, 0.15) is 5.56 Å². The van der Waals surface area contributed by atoms with E-state index in [0.29, 0.717) is 18.0 Å². The molecule has 2 aromatic rings. The summed E-state index contributed by atoms with van der Waals surface area (Å²) in [5, 5.41) is 12.8. The Labute approximate surface area is 138 Å². The molecular formula is C16H19ClN2O2S. The first-order valence-electron chi connectivity index (χ1n) is 7.44. The van der Waals surface area contributed by atoms with Crippen molar-refractivity contribution < 1.29 is 9.90 Å². The molecule has 0 aliphatic carbocycles. The van der Waals surface area contributed by atoms with Crippen LogP contribution in [0.2, 0.25) is 5.02 Å². The third kappa shape index (κ3) is 3.43. The molecule has 1 saturated heterocycles. The summed E-state index contributed by atoms with van der Waals surface area (Å²) in [5.41, 5.74) is 1.06. The van der Waals surface area contributed by atoms with Crippen molar-refractivity contribution in [2.45, 2.75) is 6.42 Å². The molecule has 1 aromatic carbocycles. The van der Waals surface area contributed by atoms with Crippen LogP contribution in [0, 0.1) is 0 Å². The van der Waals surface area contributed by atoms with Crippen LogP contribution in [0.15, 0.2) is 23.6 Å². The lowest BCUT2D eigenvalue weighted by molar-refractivity contribution is -0.132. The van der Waals surface area contributed by atoms with Gasteiger partial charge < -0.3 is 10.0 Å². The molecule has 0 atom stereocenters. The number of hydrogen-bond donors (Lipinski definition) is 1. The zero-order valence-electron chi connectivity index (χ0n) is 12.3. The van der Waals surface area contributed by atoms with Gasteiger partial charge in [-0.05, 0) is 34.5 Å². The van der Waals surface area contributed by atoms with E-state index in [9.17, 15) is 4.79 Å².